The van der Waals surface area contributed by atoms with Gasteiger partial charge in [0.25, 0.3) is 0 Å². The Labute approximate surface area is 139 Å². The van der Waals surface area contributed by atoms with Gasteiger partial charge in [-0.05, 0) is 43.3 Å². The number of benzene rings is 1. The smallest absolute Gasteiger partial charge is 0.241 e. The fourth-order valence-electron chi connectivity index (χ4n) is 3.18. The van der Waals surface area contributed by atoms with Gasteiger partial charge in [-0.3, -0.25) is 4.90 Å². The molecule has 2 aromatic heterocycles. The Morgan fingerprint density at radius 1 is 1.26 bits per heavy atom. The molecule has 118 valence electrons. The second kappa shape index (κ2) is 6.26. The molecule has 1 saturated heterocycles. The molecule has 3 aromatic rings. The summed E-state index contributed by atoms with van der Waals surface area (Å²) < 4.78 is 5.46. The van der Waals surface area contributed by atoms with Gasteiger partial charge in [-0.15, -0.1) is 11.3 Å². The van der Waals surface area contributed by atoms with Gasteiger partial charge in [0.1, 0.15) is 0 Å². The first kappa shape index (κ1) is 14.6. The standard InChI is InChI=1S/C18H19N3OS/c1-13-6-8-14(9-7-13)15-4-2-10-21(15)12-17-19-18(20-22-17)16-5-3-11-23-16/h3,5-9,11,15H,2,4,10,12H2,1H3/t15-/m0/s1. The van der Waals surface area contributed by atoms with E-state index in [1.807, 2.05) is 17.5 Å². The van der Waals surface area contributed by atoms with Crippen LogP contribution in [0.5, 0.6) is 0 Å². The fourth-order valence-corrected chi connectivity index (χ4v) is 3.83. The van der Waals surface area contributed by atoms with E-state index in [1.54, 1.807) is 11.3 Å². The van der Waals surface area contributed by atoms with E-state index in [-0.39, 0.29) is 0 Å². The van der Waals surface area contributed by atoms with Gasteiger partial charge in [-0.25, -0.2) is 0 Å². The predicted octanol–water partition coefficient (Wildman–Crippen LogP) is 4.44. The lowest BCUT2D eigenvalue weighted by molar-refractivity contribution is 0.212. The highest BCUT2D eigenvalue weighted by molar-refractivity contribution is 7.13. The van der Waals surface area contributed by atoms with E-state index < -0.39 is 0 Å². The number of thiophene rings is 1. The molecule has 3 heterocycles. The van der Waals surface area contributed by atoms with Crippen LogP contribution >= 0.6 is 11.3 Å². The first-order valence-electron chi connectivity index (χ1n) is 7.97. The summed E-state index contributed by atoms with van der Waals surface area (Å²) >= 11 is 1.63. The summed E-state index contributed by atoms with van der Waals surface area (Å²) in [5, 5.41) is 6.13. The summed E-state index contributed by atoms with van der Waals surface area (Å²) in [4.78, 5) is 8.04. The fraction of sp³-hybridized carbons (Fsp3) is 0.333. The molecule has 5 heteroatoms. The Balaban J connectivity index is 1.50. The number of nitrogens with zero attached hydrogens (tertiary/aromatic N) is 3. The average molecular weight is 325 g/mol. The van der Waals surface area contributed by atoms with Crippen molar-refractivity contribution in [1.29, 1.82) is 0 Å². The second-order valence-corrected chi connectivity index (χ2v) is 6.98. The van der Waals surface area contributed by atoms with E-state index in [9.17, 15) is 0 Å². The Morgan fingerprint density at radius 2 is 2.13 bits per heavy atom. The van der Waals surface area contributed by atoms with Gasteiger partial charge in [-0.1, -0.05) is 41.1 Å². The summed E-state index contributed by atoms with van der Waals surface area (Å²) in [6.07, 6.45) is 2.40. The zero-order valence-corrected chi connectivity index (χ0v) is 13.9. The van der Waals surface area contributed by atoms with Crippen LogP contribution < -0.4 is 0 Å². The van der Waals surface area contributed by atoms with Crippen molar-refractivity contribution in [2.45, 2.75) is 32.4 Å². The van der Waals surface area contributed by atoms with Crippen LogP contribution in [0.1, 0.15) is 35.9 Å². The lowest BCUT2D eigenvalue weighted by Gasteiger charge is -2.23. The minimum Gasteiger partial charge on any atom is -0.338 e. The summed E-state index contributed by atoms with van der Waals surface area (Å²) in [6.45, 7) is 3.92. The molecule has 0 aliphatic carbocycles. The normalized spacial score (nSPS) is 18.6. The average Bonchev–Trinajstić information content (AvgIpc) is 3.29. The van der Waals surface area contributed by atoms with Crippen LogP contribution in [0.3, 0.4) is 0 Å². The number of aromatic nitrogens is 2. The van der Waals surface area contributed by atoms with Crippen molar-refractivity contribution >= 4 is 11.3 Å². The van der Waals surface area contributed by atoms with Gasteiger partial charge in [0, 0.05) is 6.04 Å². The third-order valence-electron chi connectivity index (χ3n) is 4.37. The van der Waals surface area contributed by atoms with Crippen LogP contribution in [0.25, 0.3) is 10.7 Å². The van der Waals surface area contributed by atoms with Crippen molar-refractivity contribution in [3.63, 3.8) is 0 Å². The summed E-state index contributed by atoms with van der Waals surface area (Å²) in [5.41, 5.74) is 2.68. The molecule has 0 radical (unpaired) electrons. The maximum atomic E-state index is 5.46. The van der Waals surface area contributed by atoms with Crippen LogP contribution in [0, 0.1) is 6.92 Å². The van der Waals surface area contributed by atoms with E-state index in [4.69, 9.17) is 4.52 Å². The van der Waals surface area contributed by atoms with Crippen LogP contribution in [0.15, 0.2) is 46.3 Å². The Hall–Kier alpha value is -1.98. The van der Waals surface area contributed by atoms with E-state index >= 15 is 0 Å². The minimum absolute atomic E-state index is 0.452. The van der Waals surface area contributed by atoms with Gasteiger partial charge in [0.2, 0.25) is 11.7 Å². The number of likely N-dealkylation sites (tertiary alicyclic amines) is 1. The third kappa shape index (κ3) is 3.07. The highest BCUT2D eigenvalue weighted by atomic mass is 32.1. The van der Waals surface area contributed by atoms with Crippen molar-refractivity contribution in [2.24, 2.45) is 0 Å². The molecule has 1 fully saturated rings. The number of rotatable bonds is 4. The SMILES string of the molecule is Cc1ccc([C@@H]2CCCN2Cc2nc(-c3cccs3)no2)cc1. The number of aryl methyl sites for hydroxylation is 1. The molecule has 0 unspecified atom stereocenters. The number of hydrogen-bond donors (Lipinski definition) is 0. The topological polar surface area (TPSA) is 42.2 Å². The van der Waals surface area contributed by atoms with Crippen molar-refractivity contribution in [3.8, 4) is 10.7 Å². The van der Waals surface area contributed by atoms with E-state index in [0.717, 1.165) is 18.0 Å². The molecule has 23 heavy (non-hydrogen) atoms. The molecular weight excluding hydrogens is 306 g/mol. The molecule has 1 aromatic carbocycles. The number of hydrogen-bond acceptors (Lipinski definition) is 5. The Morgan fingerprint density at radius 3 is 2.91 bits per heavy atom. The molecule has 1 atom stereocenters. The van der Waals surface area contributed by atoms with Crippen molar-refractivity contribution in [1.82, 2.24) is 15.0 Å². The Kier molecular flexibility index (Phi) is 3.97. The van der Waals surface area contributed by atoms with Gasteiger partial charge < -0.3 is 4.52 Å². The van der Waals surface area contributed by atoms with E-state index in [1.165, 1.54) is 24.0 Å². The second-order valence-electron chi connectivity index (χ2n) is 6.03. The Bertz CT molecular complexity index is 764. The van der Waals surface area contributed by atoms with E-state index in [0.29, 0.717) is 17.8 Å². The molecule has 4 rings (SSSR count). The third-order valence-corrected chi connectivity index (χ3v) is 5.24. The van der Waals surface area contributed by atoms with Crippen molar-refractivity contribution in [2.75, 3.05) is 6.54 Å². The maximum Gasteiger partial charge on any atom is 0.241 e. The quantitative estimate of drug-likeness (QED) is 0.711. The van der Waals surface area contributed by atoms with Crippen LogP contribution in [0.2, 0.25) is 0 Å². The maximum absolute atomic E-state index is 5.46. The highest BCUT2D eigenvalue weighted by Gasteiger charge is 2.27. The summed E-state index contributed by atoms with van der Waals surface area (Å²) in [7, 11) is 0. The molecule has 1 aliphatic rings. The van der Waals surface area contributed by atoms with Crippen molar-refractivity contribution < 1.29 is 4.52 Å². The molecule has 0 amide bonds. The molecule has 0 N–H and O–H groups in total. The first-order valence-corrected chi connectivity index (χ1v) is 8.84. The lowest BCUT2D eigenvalue weighted by atomic mass is 10.0. The minimum atomic E-state index is 0.452. The molecular formula is C18H19N3OS. The van der Waals surface area contributed by atoms with Crippen LogP contribution in [-0.2, 0) is 6.54 Å². The monoisotopic (exact) mass is 325 g/mol. The van der Waals surface area contributed by atoms with Gasteiger partial charge in [0.15, 0.2) is 0 Å². The van der Waals surface area contributed by atoms with Gasteiger partial charge in [-0.2, -0.15) is 4.98 Å². The molecule has 0 spiro atoms. The summed E-state index contributed by atoms with van der Waals surface area (Å²) in [6, 6.07) is 13.3. The molecule has 0 bridgehead atoms. The summed E-state index contributed by atoms with van der Waals surface area (Å²) in [5.74, 6) is 1.40. The van der Waals surface area contributed by atoms with Gasteiger partial charge >= 0.3 is 0 Å². The van der Waals surface area contributed by atoms with Crippen LogP contribution in [0.4, 0.5) is 0 Å². The zero-order chi connectivity index (χ0) is 15.6. The highest BCUT2D eigenvalue weighted by Crippen LogP contribution is 2.33. The van der Waals surface area contributed by atoms with Gasteiger partial charge in [0.05, 0.1) is 11.4 Å². The van der Waals surface area contributed by atoms with Crippen molar-refractivity contribution in [3.05, 3.63) is 58.8 Å². The molecule has 1 aliphatic heterocycles. The zero-order valence-electron chi connectivity index (χ0n) is 13.1. The van der Waals surface area contributed by atoms with Crippen LogP contribution in [-0.4, -0.2) is 21.6 Å². The van der Waals surface area contributed by atoms with E-state index in [2.05, 4.69) is 46.2 Å². The largest absolute Gasteiger partial charge is 0.338 e. The lowest BCUT2D eigenvalue weighted by Crippen LogP contribution is -2.22. The predicted molar refractivity (Wildman–Crippen MR) is 91.2 cm³/mol. The molecule has 4 nitrogen and oxygen atoms in total. The first-order chi connectivity index (χ1) is 11.3. The molecule has 0 saturated carbocycles.